The van der Waals surface area contributed by atoms with Gasteiger partial charge in [-0.25, -0.2) is 0 Å². The summed E-state index contributed by atoms with van der Waals surface area (Å²) in [6, 6.07) is -0.486. The summed E-state index contributed by atoms with van der Waals surface area (Å²) in [5, 5.41) is 6.77. The molecule has 7 heteroatoms. The van der Waals surface area contributed by atoms with Gasteiger partial charge in [0.1, 0.15) is 12.6 Å². The first kappa shape index (κ1) is 14.7. The van der Waals surface area contributed by atoms with E-state index in [0.29, 0.717) is 0 Å². The second kappa shape index (κ2) is 5.99. The minimum Gasteiger partial charge on any atom is -0.468 e. The zero-order valence-electron chi connectivity index (χ0n) is 10.8. The maximum absolute atomic E-state index is 11.8. The first-order valence-electron chi connectivity index (χ1n) is 5.44. The number of methoxy groups -OCH3 is 1. The third-order valence-electron chi connectivity index (χ3n) is 2.62. The molecule has 1 unspecified atom stereocenters. The monoisotopic (exact) mass is 317 g/mol. The van der Waals surface area contributed by atoms with Crippen LogP contribution in [-0.2, 0) is 14.3 Å². The van der Waals surface area contributed by atoms with Crippen LogP contribution in [-0.4, -0.2) is 35.3 Å². The fraction of sp³-hybridized carbons (Fsp3) is 0.545. The number of carbonyl (C=O) groups excluding carboxylic acids is 2. The summed E-state index contributed by atoms with van der Waals surface area (Å²) in [5.74, 6) is -0.761. The van der Waals surface area contributed by atoms with Crippen molar-refractivity contribution in [3.8, 4) is 0 Å². The smallest absolute Gasteiger partial charge is 0.325 e. The van der Waals surface area contributed by atoms with Crippen molar-refractivity contribution >= 4 is 27.8 Å². The van der Waals surface area contributed by atoms with Crippen LogP contribution in [0.4, 0.5) is 0 Å². The molecule has 0 spiro atoms. The van der Waals surface area contributed by atoms with Crippen molar-refractivity contribution in [2.45, 2.75) is 26.8 Å². The van der Waals surface area contributed by atoms with Gasteiger partial charge in [0.05, 0.1) is 23.0 Å². The molecule has 1 amide bonds. The van der Waals surface area contributed by atoms with Crippen LogP contribution in [0.25, 0.3) is 0 Å². The van der Waals surface area contributed by atoms with Crippen molar-refractivity contribution in [3.63, 3.8) is 0 Å². The summed E-state index contributed by atoms with van der Waals surface area (Å²) in [4.78, 5) is 22.8. The van der Waals surface area contributed by atoms with Gasteiger partial charge in [-0.2, -0.15) is 5.10 Å². The molecule has 0 aliphatic rings. The number of hydrogen-bond donors (Lipinski definition) is 1. The van der Waals surface area contributed by atoms with Gasteiger partial charge in [-0.15, -0.1) is 0 Å². The van der Waals surface area contributed by atoms with Crippen LogP contribution in [0.3, 0.4) is 0 Å². The number of hydrogen-bond acceptors (Lipinski definition) is 4. The fourth-order valence-corrected chi connectivity index (χ4v) is 1.77. The van der Waals surface area contributed by atoms with Crippen LogP contribution in [0.1, 0.15) is 24.4 Å². The van der Waals surface area contributed by atoms with Crippen molar-refractivity contribution in [3.05, 3.63) is 15.9 Å². The first-order chi connectivity index (χ1) is 8.38. The molecule has 1 aromatic heterocycles. The van der Waals surface area contributed by atoms with Crippen LogP contribution in [0.2, 0.25) is 0 Å². The molecule has 0 fully saturated rings. The zero-order chi connectivity index (χ0) is 13.9. The molecule has 1 rings (SSSR count). The lowest BCUT2D eigenvalue weighted by Crippen LogP contribution is -2.35. The van der Waals surface area contributed by atoms with Crippen molar-refractivity contribution in [2.24, 2.45) is 0 Å². The van der Waals surface area contributed by atoms with Gasteiger partial charge in [-0.3, -0.25) is 14.3 Å². The zero-order valence-corrected chi connectivity index (χ0v) is 12.4. The molecule has 100 valence electrons. The lowest BCUT2D eigenvalue weighted by molar-refractivity contribution is -0.141. The summed E-state index contributed by atoms with van der Waals surface area (Å²) < 4.78 is 6.95. The van der Waals surface area contributed by atoms with E-state index in [0.717, 1.165) is 15.9 Å². The van der Waals surface area contributed by atoms with E-state index in [-0.39, 0.29) is 12.5 Å². The molecule has 1 N–H and O–H groups in total. The van der Waals surface area contributed by atoms with E-state index >= 15 is 0 Å². The second-order valence-electron chi connectivity index (χ2n) is 3.90. The summed E-state index contributed by atoms with van der Waals surface area (Å²) in [7, 11) is 1.27. The topological polar surface area (TPSA) is 73.2 Å². The molecule has 1 heterocycles. The second-order valence-corrected chi connectivity index (χ2v) is 4.69. The Morgan fingerprint density at radius 1 is 1.50 bits per heavy atom. The van der Waals surface area contributed by atoms with Crippen LogP contribution in [0.15, 0.2) is 4.47 Å². The SMILES string of the molecule is COC(=O)CNC(=O)C(C)n1nc(C)c(Br)c1C. The van der Waals surface area contributed by atoms with Gasteiger partial charge in [0, 0.05) is 0 Å². The number of rotatable bonds is 4. The van der Waals surface area contributed by atoms with E-state index in [1.165, 1.54) is 7.11 Å². The Morgan fingerprint density at radius 2 is 2.11 bits per heavy atom. The molecule has 18 heavy (non-hydrogen) atoms. The van der Waals surface area contributed by atoms with Crippen LogP contribution in [0.5, 0.6) is 0 Å². The van der Waals surface area contributed by atoms with E-state index < -0.39 is 12.0 Å². The number of nitrogens with zero attached hydrogens (tertiary/aromatic N) is 2. The molecule has 0 aliphatic carbocycles. The molecule has 0 aromatic carbocycles. The third kappa shape index (κ3) is 3.10. The van der Waals surface area contributed by atoms with Gasteiger partial charge in [0.2, 0.25) is 5.91 Å². The van der Waals surface area contributed by atoms with E-state index in [1.807, 2.05) is 13.8 Å². The predicted octanol–water partition coefficient (Wildman–Crippen LogP) is 1.11. The Labute approximate surface area is 114 Å². The van der Waals surface area contributed by atoms with Gasteiger partial charge in [-0.1, -0.05) is 0 Å². The molecule has 1 aromatic rings. The van der Waals surface area contributed by atoms with Gasteiger partial charge >= 0.3 is 5.97 Å². The highest BCUT2D eigenvalue weighted by atomic mass is 79.9. The van der Waals surface area contributed by atoms with Crippen molar-refractivity contribution < 1.29 is 14.3 Å². The van der Waals surface area contributed by atoms with Crippen LogP contribution in [0, 0.1) is 13.8 Å². The highest BCUT2D eigenvalue weighted by Gasteiger charge is 2.20. The number of amides is 1. The Balaban J connectivity index is 2.74. The molecule has 0 bridgehead atoms. The third-order valence-corrected chi connectivity index (χ3v) is 3.77. The van der Waals surface area contributed by atoms with Crippen molar-refractivity contribution in [1.82, 2.24) is 15.1 Å². The number of aromatic nitrogens is 2. The highest BCUT2D eigenvalue weighted by Crippen LogP contribution is 2.22. The molecule has 1 atom stereocenters. The Hall–Kier alpha value is -1.37. The number of ether oxygens (including phenoxy) is 1. The van der Waals surface area contributed by atoms with E-state index in [1.54, 1.807) is 11.6 Å². The predicted molar refractivity (Wildman–Crippen MR) is 69.1 cm³/mol. The van der Waals surface area contributed by atoms with Gasteiger partial charge in [-0.05, 0) is 36.7 Å². The number of esters is 1. The summed E-state index contributed by atoms with van der Waals surface area (Å²) in [6.45, 7) is 5.31. The Morgan fingerprint density at radius 3 is 2.56 bits per heavy atom. The Bertz CT molecular complexity index is 470. The maximum Gasteiger partial charge on any atom is 0.325 e. The van der Waals surface area contributed by atoms with Crippen molar-refractivity contribution in [2.75, 3.05) is 13.7 Å². The maximum atomic E-state index is 11.8. The molecule has 6 nitrogen and oxygen atoms in total. The van der Waals surface area contributed by atoms with Crippen LogP contribution < -0.4 is 5.32 Å². The minimum atomic E-state index is -0.486. The largest absolute Gasteiger partial charge is 0.468 e. The van der Waals surface area contributed by atoms with E-state index in [9.17, 15) is 9.59 Å². The molecule has 0 aliphatic heterocycles. The van der Waals surface area contributed by atoms with Crippen LogP contribution >= 0.6 is 15.9 Å². The number of aryl methyl sites for hydroxylation is 1. The molecule has 0 saturated carbocycles. The van der Waals surface area contributed by atoms with E-state index in [2.05, 4.69) is 31.1 Å². The van der Waals surface area contributed by atoms with Gasteiger partial charge in [0.25, 0.3) is 0 Å². The quantitative estimate of drug-likeness (QED) is 0.844. The average Bonchev–Trinajstić information content (AvgIpc) is 2.62. The molecule has 0 radical (unpaired) electrons. The van der Waals surface area contributed by atoms with Crippen molar-refractivity contribution in [1.29, 1.82) is 0 Å². The van der Waals surface area contributed by atoms with E-state index in [4.69, 9.17) is 0 Å². The molecular weight excluding hydrogens is 302 g/mol. The molecule has 0 saturated heterocycles. The highest BCUT2D eigenvalue weighted by molar-refractivity contribution is 9.10. The summed E-state index contributed by atoms with van der Waals surface area (Å²) >= 11 is 3.40. The lowest BCUT2D eigenvalue weighted by Gasteiger charge is -2.13. The van der Waals surface area contributed by atoms with Gasteiger partial charge < -0.3 is 10.1 Å². The fourth-order valence-electron chi connectivity index (χ4n) is 1.51. The molecular formula is C11H16BrN3O3. The average molecular weight is 318 g/mol. The summed E-state index contributed by atoms with van der Waals surface area (Å²) in [5.41, 5.74) is 1.69. The Kier molecular flexibility index (Phi) is 4.89. The standard InChI is InChI=1S/C11H16BrN3O3/c1-6-10(12)7(2)15(14-6)8(3)11(17)13-5-9(16)18-4/h8H,5H2,1-4H3,(H,13,17). The summed E-state index contributed by atoms with van der Waals surface area (Å²) in [6.07, 6.45) is 0. The van der Waals surface area contributed by atoms with Gasteiger partial charge in [0.15, 0.2) is 0 Å². The number of nitrogens with one attached hydrogen (secondary N) is 1. The number of halogens is 1. The minimum absolute atomic E-state index is 0.139. The first-order valence-corrected chi connectivity index (χ1v) is 6.23. The number of carbonyl (C=O) groups is 2. The normalized spacial score (nSPS) is 12.1. The lowest BCUT2D eigenvalue weighted by atomic mass is 10.3.